The van der Waals surface area contributed by atoms with Crippen molar-refractivity contribution in [3.8, 4) is 17.2 Å². The number of anilines is 1. The molecule has 1 atom stereocenters. The van der Waals surface area contributed by atoms with Crippen LogP contribution in [-0.4, -0.2) is 30.8 Å². The van der Waals surface area contributed by atoms with E-state index in [2.05, 4.69) is 16.3 Å². The molecule has 1 aliphatic heterocycles. The molecular formula is C22H25N3O2. The monoisotopic (exact) mass is 363 g/mol. The second-order valence-corrected chi connectivity index (χ2v) is 7.85. The van der Waals surface area contributed by atoms with E-state index >= 15 is 0 Å². The SMILES string of the molecule is CC(C)(C)NC(=O)O[C@H]1CCN(c2ccc(-c3ccccc3)cc2C#N)C1. The van der Waals surface area contributed by atoms with Crippen LogP contribution in [-0.2, 0) is 4.74 Å². The zero-order valence-electron chi connectivity index (χ0n) is 16.0. The van der Waals surface area contributed by atoms with Gasteiger partial charge in [-0.05, 0) is 44.0 Å². The summed E-state index contributed by atoms with van der Waals surface area (Å²) in [7, 11) is 0. The average Bonchev–Trinajstić information content (AvgIpc) is 3.08. The lowest BCUT2D eigenvalue weighted by atomic mass is 10.0. The summed E-state index contributed by atoms with van der Waals surface area (Å²) < 4.78 is 5.53. The van der Waals surface area contributed by atoms with Crippen molar-refractivity contribution in [1.82, 2.24) is 5.32 Å². The van der Waals surface area contributed by atoms with Crippen LogP contribution in [0, 0.1) is 11.3 Å². The standard InChI is InChI=1S/C22H25N3O2/c1-22(2,3)24-21(26)27-19-11-12-25(15-19)20-10-9-17(13-18(20)14-23)16-7-5-4-6-8-16/h4-10,13,19H,11-12,15H2,1-3H3,(H,24,26)/t19-/m0/s1. The number of hydrogen-bond donors (Lipinski definition) is 1. The molecule has 1 N–H and O–H groups in total. The molecule has 3 rings (SSSR count). The molecule has 140 valence electrons. The third kappa shape index (κ3) is 4.79. The fourth-order valence-electron chi connectivity index (χ4n) is 3.24. The second-order valence-electron chi connectivity index (χ2n) is 7.85. The molecule has 5 heteroatoms. The van der Waals surface area contributed by atoms with Crippen LogP contribution in [0.25, 0.3) is 11.1 Å². The second kappa shape index (κ2) is 7.71. The molecule has 1 fully saturated rings. The van der Waals surface area contributed by atoms with Gasteiger partial charge >= 0.3 is 6.09 Å². The molecule has 0 unspecified atom stereocenters. The van der Waals surface area contributed by atoms with Crippen LogP contribution < -0.4 is 10.2 Å². The normalized spacial score (nSPS) is 16.7. The number of carbonyl (C=O) groups excluding carboxylic acids is 1. The Labute approximate surface area is 160 Å². The van der Waals surface area contributed by atoms with E-state index in [9.17, 15) is 10.1 Å². The Morgan fingerprint density at radius 1 is 1.19 bits per heavy atom. The Kier molecular flexibility index (Phi) is 5.36. The Morgan fingerprint density at radius 2 is 1.93 bits per heavy atom. The van der Waals surface area contributed by atoms with Gasteiger partial charge in [0.05, 0.1) is 17.8 Å². The van der Waals surface area contributed by atoms with Gasteiger partial charge in [-0.3, -0.25) is 0 Å². The van der Waals surface area contributed by atoms with E-state index in [0.717, 1.165) is 29.8 Å². The molecule has 27 heavy (non-hydrogen) atoms. The maximum atomic E-state index is 12.0. The van der Waals surface area contributed by atoms with Crippen LogP contribution in [0.15, 0.2) is 48.5 Å². The molecule has 1 amide bonds. The zero-order chi connectivity index (χ0) is 19.4. The highest BCUT2D eigenvalue weighted by Gasteiger charge is 2.28. The van der Waals surface area contributed by atoms with Crippen LogP contribution in [0.5, 0.6) is 0 Å². The van der Waals surface area contributed by atoms with Crippen LogP contribution in [0.4, 0.5) is 10.5 Å². The smallest absolute Gasteiger partial charge is 0.407 e. The van der Waals surface area contributed by atoms with E-state index in [1.54, 1.807) is 0 Å². The van der Waals surface area contributed by atoms with Gasteiger partial charge in [-0.15, -0.1) is 0 Å². The van der Waals surface area contributed by atoms with Gasteiger partial charge in [0.15, 0.2) is 0 Å². The van der Waals surface area contributed by atoms with Gasteiger partial charge in [-0.2, -0.15) is 5.26 Å². The van der Waals surface area contributed by atoms with E-state index < -0.39 is 6.09 Å². The number of nitrogens with zero attached hydrogens (tertiary/aromatic N) is 2. The lowest BCUT2D eigenvalue weighted by molar-refractivity contribution is 0.101. The minimum Gasteiger partial charge on any atom is -0.444 e. The number of benzene rings is 2. The van der Waals surface area contributed by atoms with Crippen LogP contribution in [0.3, 0.4) is 0 Å². The van der Waals surface area contributed by atoms with Crippen molar-refractivity contribution < 1.29 is 9.53 Å². The summed E-state index contributed by atoms with van der Waals surface area (Å²) in [5, 5.41) is 12.4. The summed E-state index contributed by atoms with van der Waals surface area (Å²) in [6.45, 7) is 7.11. The summed E-state index contributed by atoms with van der Waals surface area (Å²) in [4.78, 5) is 14.1. The highest BCUT2D eigenvalue weighted by atomic mass is 16.6. The number of ether oxygens (including phenoxy) is 1. The highest BCUT2D eigenvalue weighted by Crippen LogP contribution is 2.30. The van der Waals surface area contributed by atoms with E-state index in [1.807, 2.05) is 69.3 Å². The molecular weight excluding hydrogens is 338 g/mol. The minimum absolute atomic E-state index is 0.173. The first kappa shape index (κ1) is 18.8. The molecule has 1 aliphatic rings. The van der Waals surface area contributed by atoms with Crippen molar-refractivity contribution >= 4 is 11.8 Å². The molecule has 1 saturated heterocycles. The largest absolute Gasteiger partial charge is 0.444 e. The fourth-order valence-corrected chi connectivity index (χ4v) is 3.24. The number of carbonyl (C=O) groups is 1. The fraction of sp³-hybridized carbons (Fsp3) is 0.364. The number of nitrogens with one attached hydrogen (secondary N) is 1. The lowest BCUT2D eigenvalue weighted by Gasteiger charge is -2.23. The van der Waals surface area contributed by atoms with Crippen molar-refractivity contribution in [3.05, 3.63) is 54.1 Å². The quantitative estimate of drug-likeness (QED) is 0.881. The van der Waals surface area contributed by atoms with Crippen molar-refractivity contribution in [3.63, 3.8) is 0 Å². The summed E-state index contributed by atoms with van der Waals surface area (Å²) in [6, 6.07) is 18.3. The first-order valence-electron chi connectivity index (χ1n) is 9.19. The average molecular weight is 363 g/mol. The topological polar surface area (TPSA) is 65.4 Å². The van der Waals surface area contributed by atoms with Crippen molar-refractivity contribution in [1.29, 1.82) is 5.26 Å². The molecule has 2 aromatic rings. The van der Waals surface area contributed by atoms with Crippen molar-refractivity contribution in [2.24, 2.45) is 0 Å². The maximum Gasteiger partial charge on any atom is 0.407 e. The van der Waals surface area contributed by atoms with Gasteiger partial charge in [0.25, 0.3) is 0 Å². The molecule has 2 aromatic carbocycles. The van der Waals surface area contributed by atoms with Crippen LogP contribution >= 0.6 is 0 Å². The van der Waals surface area contributed by atoms with Crippen LogP contribution in [0.1, 0.15) is 32.8 Å². The Bertz CT molecular complexity index is 850. The summed E-state index contributed by atoms with van der Waals surface area (Å²) in [5.74, 6) is 0. The third-order valence-electron chi connectivity index (χ3n) is 4.46. The first-order chi connectivity index (χ1) is 12.9. The van der Waals surface area contributed by atoms with Crippen LogP contribution in [0.2, 0.25) is 0 Å². The van der Waals surface area contributed by atoms with Gasteiger partial charge in [-0.1, -0.05) is 36.4 Å². The maximum absolute atomic E-state index is 12.0. The predicted octanol–water partition coefficient (Wildman–Crippen LogP) is 4.33. The van der Waals surface area contributed by atoms with E-state index in [0.29, 0.717) is 12.1 Å². The molecule has 1 heterocycles. The minimum atomic E-state index is -0.394. The molecule has 0 bridgehead atoms. The van der Waals surface area contributed by atoms with Gasteiger partial charge in [0.1, 0.15) is 12.2 Å². The first-order valence-corrected chi connectivity index (χ1v) is 9.19. The summed E-state index contributed by atoms with van der Waals surface area (Å²) in [6.07, 6.45) is 0.185. The van der Waals surface area contributed by atoms with Crippen molar-refractivity contribution in [2.45, 2.75) is 38.8 Å². The summed E-state index contributed by atoms with van der Waals surface area (Å²) in [5.41, 5.74) is 3.31. The third-order valence-corrected chi connectivity index (χ3v) is 4.46. The molecule has 0 spiro atoms. The molecule has 5 nitrogen and oxygen atoms in total. The molecule has 0 aromatic heterocycles. The van der Waals surface area contributed by atoms with Gasteiger partial charge in [-0.25, -0.2) is 4.79 Å². The molecule has 0 aliphatic carbocycles. The van der Waals surface area contributed by atoms with E-state index in [-0.39, 0.29) is 11.6 Å². The highest BCUT2D eigenvalue weighted by molar-refractivity contribution is 5.72. The lowest BCUT2D eigenvalue weighted by Crippen LogP contribution is -2.42. The molecule has 0 radical (unpaired) electrons. The Hall–Kier alpha value is -3.00. The number of alkyl carbamates (subject to hydrolysis) is 1. The number of rotatable bonds is 3. The number of nitriles is 1. The van der Waals surface area contributed by atoms with Gasteiger partial charge in [0, 0.05) is 18.5 Å². The Balaban J connectivity index is 1.70. The molecule has 0 saturated carbocycles. The Morgan fingerprint density at radius 3 is 2.59 bits per heavy atom. The number of amides is 1. The zero-order valence-corrected chi connectivity index (χ0v) is 16.0. The number of hydrogen-bond acceptors (Lipinski definition) is 4. The van der Waals surface area contributed by atoms with E-state index in [4.69, 9.17) is 4.74 Å². The van der Waals surface area contributed by atoms with E-state index in [1.165, 1.54) is 0 Å². The van der Waals surface area contributed by atoms with Gasteiger partial charge < -0.3 is 15.0 Å². The summed E-state index contributed by atoms with van der Waals surface area (Å²) >= 11 is 0. The van der Waals surface area contributed by atoms with Crippen molar-refractivity contribution in [2.75, 3.05) is 18.0 Å². The predicted molar refractivity (Wildman–Crippen MR) is 107 cm³/mol. The van der Waals surface area contributed by atoms with Gasteiger partial charge in [0.2, 0.25) is 0 Å².